The highest BCUT2D eigenvalue weighted by Crippen LogP contribution is 2.21. The number of hydrogen-bond acceptors (Lipinski definition) is 2. The van der Waals surface area contributed by atoms with Crippen LogP contribution in [0.2, 0.25) is 10.3 Å². The monoisotopic (exact) mass is 223 g/mol. The van der Waals surface area contributed by atoms with Crippen molar-refractivity contribution in [2.24, 2.45) is 0 Å². The lowest BCUT2D eigenvalue weighted by atomic mass is 10.2. The van der Waals surface area contributed by atoms with Crippen LogP contribution in [-0.4, -0.2) is 11.3 Å². The van der Waals surface area contributed by atoms with Crippen molar-refractivity contribution >= 4 is 41.1 Å². The Labute approximate surface area is 84.5 Å². The highest BCUT2D eigenvalue weighted by atomic mass is 35.5. The Balaban J connectivity index is 3.26. The Morgan fingerprint density at radius 3 is 2.58 bits per heavy atom. The fourth-order valence-corrected chi connectivity index (χ4v) is 1.41. The maximum Gasteiger partial charge on any atom is 0.153 e. The molecule has 0 amide bonds. The average Bonchev–Trinajstić information content (AvgIpc) is 2.05. The molecular weight excluding hydrogens is 220 g/mol. The van der Waals surface area contributed by atoms with E-state index in [4.69, 9.17) is 34.8 Å². The van der Waals surface area contributed by atoms with Gasteiger partial charge in [-0.15, -0.1) is 11.6 Å². The normalized spacial score (nSPS) is 9.92. The first kappa shape index (κ1) is 9.78. The number of pyridine rings is 1. The summed E-state index contributed by atoms with van der Waals surface area (Å²) in [6.07, 6.45) is 0.613. The minimum absolute atomic E-state index is 0.101. The molecule has 1 heterocycles. The molecule has 0 bridgehead atoms. The minimum Gasteiger partial charge on any atom is -0.298 e. The molecule has 0 saturated heterocycles. The van der Waals surface area contributed by atoms with Gasteiger partial charge in [0.05, 0.1) is 11.4 Å². The second kappa shape index (κ2) is 4.08. The summed E-state index contributed by atoms with van der Waals surface area (Å²) in [7, 11) is 0. The molecule has 0 fully saturated rings. The number of aldehydes is 1. The van der Waals surface area contributed by atoms with Crippen LogP contribution in [0, 0.1) is 0 Å². The largest absolute Gasteiger partial charge is 0.298 e. The Bertz CT molecular complexity index is 314. The van der Waals surface area contributed by atoms with E-state index in [0.29, 0.717) is 17.4 Å². The number of halogens is 3. The second-order valence-corrected chi connectivity index (χ2v) is 3.05. The van der Waals surface area contributed by atoms with Crippen LogP contribution >= 0.6 is 34.8 Å². The number of nitrogens with zero attached hydrogens (tertiary/aromatic N) is 1. The third kappa shape index (κ3) is 1.89. The van der Waals surface area contributed by atoms with Gasteiger partial charge in [0.1, 0.15) is 10.3 Å². The molecule has 0 spiro atoms. The summed E-state index contributed by atoms with van der Waals surface area (Å²) in [5, 5.41) is 0.337. The predicted octanol–water partition coefficient (Wildman–Crippen LogP) is 2.94. The van der Waals surface area contributed by atoms with Gasteiger partial charge in [-0.1, -0.05) is 23.2 Å². The molecular formula is C7H4Cl3NO. The molecule has 0 aliphatic heterocycles. The molecule has 2 nitrogen and oxygen atoms in total. The summed E-state index contributed by atoms with van der Waals surface area (Å²) in [6, 6.07) is 1.53. The number of carbonyl (C=O) groups excluding carboxylic acids is 1. The summed E-state index contributed by atoms with van der Waals surface area (Å²) >= 11 is 16.8. The molecule has 64 valence electrons. The molecule has 5 heteroatoms. The molecule has 1 rings (SSSR count). The molecule has 0 aromatic carbocycles. The van der Waals surface area contributed by atoms with Crippen LogP contribution in [-0.2, 0) is 5.88 Å². The number of aromatic nitrogens is 1. The lowest BCUT2D eigenvalue weighted by Gasteiger charge is -2.01. The number of carbonyl (C=O) groups is 1. The van der Waals surface area contributed by atoms with E-state index in [1.807, 2.05) is 0 Å². The first-order chi connectivity index (χ1) is 5.69. The van der Waals surface area contributed by atoms with Gasteiger partial charge in [0.25, 0.3) is 0 Å². The summed E-state index contributed by atoms with van der Waals surface area (Å²) < 4.78 is 0. The van der Waals surface area contributed by atoms with E-state index in [9.17, 15) is 4.79 Å². The van der Waals surface area contributed by atoms with Crippen LogP contribution in [0.1, 0.15) is 15.9 Å². The first-order valence-corrected chi connectivity index (χ1v) is 4.34. The smallest absolute Gasteiger partial charge is 0.153 e. The third-order valence-corrected chi connectivity index (χ3v) is 2.22. The lowest BCUT2D eigenvalue weighted by Crippen LogP contribution is -1.91. The molecule has 12 heavy (non-hydrogen) atoms. The molecule has 0 radical (unpaired) electrons. The topological polar surface area (TPSA) is 30.0 Å². The zero-order valence-electron chi connectivity index (χ0n) is 5.85. The van der Waals surface area contributed by atoms with Gasteiger partial charge in [-0.05, 0) is 6.07 Å². The average molecular weight is 224 g/mol. The number of rotatable bonds is 2. The van der Waals surface area contributed by atoms with Crippen LogP contribution in [0.15, 0.2) is 6.07 Å². The van der Waals surface area contributed by atoms with Crippen molar-refractivity contribution in [2.75, 3.05) is 0 Å². The highest BCUT2D eigenvalue weighted by Gasteiger charge is 2.06. The first-order valence-electron chi connectivity index (χ1n) is 3.05. The number of hydrogen-bond donors (Lipinski definition) is 0. The molecule has 0 aliphatic carbocycles. The molecule has 0 unspecified atom stereocenters. The van der Waals surface area contributed by atoms with Crippen LogP contribution in [0.5, 0.6) is 0 Å². The fraction of sp³-hybridized carbons (Fsp3) is 0.143. The maximum atomic E-state index is 10.4. The van der Waals surface area contributed by atoms with Gasteiger partial charge in [0.2, 0.25) is 0 Å². The molecule has 1 aromatic heterocycles. The fourth-order valence-electron chi connectivity index (χ4n) is 0.706. The Hall–Kier alpha value is -0.310. The van der Waals surface area contributed by atoms with Crippen LogP contribution in [0.4, 0.5) is 0 Å². The van der Waals surface area contributed by atoms with Crippen molar-refractivity contribution in [2.45, 2.75) is 5.88 Å². The summed E-state index contributed by atoms with van der Waals surface area (Å²) in [4.78, 5) is 14.1. The van der Waals surface area contributed by atoms with Gasteiger partial charge >= 0.3 is 0 Å². The third-order valence-electron chi connectivity index (χ3n) is 1.30. The lowest BCUT2D eigenvalue weighted by molar-refractivity contribution is 0.112. The zero-order valence-corrected chi connectivity index (χ0v) is 8.12. The van der Waals surface area contributed by atoms with E-state index < -0.39 is 0 Å². The quantitative estimate of drug-likeness (QED) is 0.439. The van der Waals surface area contributed by atoms with Crippen LogP contribution in [0.25, 0.3) is 0 Å². The molecule has 1 aromatic rings. The van der Waals surface area contributed by atoms with Gasteiger partial charge < -0.3 is 0 Å². The van der Waals surface area contributed by atoms with Crippen molar-refractivity contribution in [3.63, 3.8) is 0 Å². The van der Waals surface area contributed by atoms with Gasteiger partial charge in [0, 0.05) is 5.56 Å². The van der Waals surface area contributed by atoms with E-state index in [0.717, 1.165) is 0 Å². The molecule has 0 aliphatic rings. The van der Waals surface area contributed by atoms with Gasteiger partial charge in [-0.2, -0.15) is 0 Å². The van der Waals surface area contributed by atoms with Crippen molar-refractivity contribution < 1.29 is 4.79 Å². The van der Waals surface area contributed by atoms with E-state index >= 15 is 0 Å². The SMILES string of the molecule is O=Cc1cc(CCl)c(Cl)nc1Cl. The number of alkyl halides is 1. The van der Waals surface area contributed by atoms with E-state index in [1.54, 1.807) is 0 Å². The molecule has 0 N–H and O–H groups in total. The predicted molar refractivity (Wildman–Crippen MR) is 49.2 cm³/mol. The van der Waals surface area contributed by atoms with Crippen LogP contribution in [0.3, 0.4) is 0 Å². The van der Waals surface area contributed by atoms with Gasteiger partial charge in [0.15, 0.2) is 6.29 Å². The van der Waals surface area contributed by atoms with Crippen molar-refractivity contribution in [3.05, 3.63) is 27.5 Å². The Morgan fingerprint density at radius 2 is 2.08 bits per heavy atom. The standard InChI is InChI=1S/C7H4Cl3NO/c8-2-4-1-5(3-12)7(10)11-6(4)9/h1,3H,2H2. The summed E-state index contributed by atoms with van der Waals surface area (Å²) in [5.74, 6) is 0.212. The second-order valence-electron chi connectivity index (χ2n) is 2.07. The molecule has 0 saturated carbocycles. The zero-order chi connectivity index (χ0) is 9.14. The van der Waals surface area contributed by atoms with E-state index in [2.05, 4.69) is 4.98 Å². The Kier molecular flexibility index (Phi) is 3.32. The van der Waals surface area contributed by atoms with Gasteiger partial charge in [-0.3, -0.25) is 4.79 Å². The van der Waals surface area contributed by atoms with Crippen molar-refractivity contribution in [1.29, 1.82) is 0 Å². The minimum atomic E-state index is 0.101. The maximum absolute atomic E-state index is 10.4. The van der Waals surface area contributed by atoms with E-state index in [-0.39, 0.29) is 16.2 Å². The van der Waals surface area contributed by atoms with E-state index in [1.165, 1.54) is 6.07 Å². The van der Waals surface area contributed by atoms with Crippen molar-refractivity contribution in [3.8, 4) is 0 Å². The highest BCUT2D eigenvalue weighted by molar-refractivity contribution is 6.34. The summed E-state index contributed by atoms with van der Waals surface area (Å²) in [5.41, 5.74) is 0.904. The van der Waals surface area contributed by atoms with Crippen molar-refractivity contribution in [1.82, 2.24) is 4.98 Å². The van der Waals surface area contributed by atoms with Gasteiger partial charge in [-0.25, -0.2) is 4.98 Å². The summed E-state index contributed by atoms with van der Waals surface area (Å²) in [6.45, 7) is 0. The molecule has 0 atom stereocenters. The van der Waals surface area contributed by atoms with Crippen LogP contribution < -0.4 is 0 Å². The Morgan fingerprint density at radius 1 is 1.42 bits per heavy atom.